The lowest BCUT2D eigenvalue weighted by Crippen LogP contribution is -2.27. The number of nitrogens with zero attached hydrogens (tertiary/aromatic N) is 3. The Kier molecular flexibility index (Phi) is 4.92. The molecule has 0 radical (unpaired) electrons. The average Bonchev–Trinajstić information content (AvgIpc) is 3.22. The van der Waals surface area contributed by atoms with Gasteiger partial charge in [-0.25, -0.2) is 0 Å². The second-order valence-electron chi connectivity index (χ2n) is 6.31. The maximum atomic E-state index is 5.96. The second kappa shape index (κ2) is 7.47. The Labute approximate surface area is 151 Å². The van der Waals surface area contributed by atoms with Crippen molar-refractivity contribution in [2.45, 2.75) is 32.5 Å². The third-order valence-corrected chi connectivity index (χ3v) is 5.34. The highest BCUT2D eigenvalue weighted by atomic mass is 32.1. The average molecular weight is 354 g/mol. The Morgan fingerprint density at radius 1 is 1.32 bits per heavy atom. The van der Waals surface area contributed by atoms with Crippen molar-refractivity contribution in [3.05, 3.63) is 69.4 Å². The summed E-state index contributed by atoms with van der Waals surface area (Å²) in [6.07, 6.45) is 4.91. The first-order valence-electron chi connectivity index (χ1n) is 8.62. The van der Waals surface area contributed by atoms with Gasteiger partial charge < -0.3 is 10.1 Å². The molecule has 1 unspecified atom stereocenters. The summed E-state index contributed by atoms with van der Waals surface area (Å²) in [5.41, 5.74) is 3.38. The standard InChI is InChI=1S/C19H22N4OS/c1-14-5-6-17(25-14)10-20-11-18-19-15(7-9-24-18)12-23(22-19)13-16-4-2-3-8-21-16/h2-6,8,12,18,20H,7,9-11,13H2,1H3. The van der Waals surface area contributed by atoms with Crippen molar-refractivity contribution in [3.63, 3.8) is 0 Å². The molecule has 0 aliphatic carbocycles. The van der Waals surface area contributed by atoms with Crippen molar-refractivity contribution in [3.8, 4) is 0 Å². The van der Waals surface area contributed by atoms with E-state index in [1.807, 2.05) is 40.4 Å². The van der Waals surface area contributed by atoms with E-state index in [9.17, 15) is 0 Å². The number of hydrogen-bond acceptors (Lipinski definition) is 5. The van der Waals surface area contributed by atoms with Gasteiger partial charge in [0.05, 0.1) is 24.5 Å². The quantitative estimate of drug-likeness (QED) is 0.739. The van der Waals surface area contributed by atoms with Gasteiger partial charge in [-0.3, -0.25) is 9.67 Å². The molecule has 3 aromatic heterocycles. The molecule has 0 saturated carbocycles. The van der Waals surface area contributed by atoms with Crippen LogP contribution in [0.5, 0.6) is 0 Å². The van der Waals surface area contributed by atoms with Crippen molar-refractivity contribution in [1.29, 1.82) is 0 Å². The van der Waals surface area contributed by atoms with E-state index in [2.05, 4.69) is 35.6 Å². The molecule has 0 bridgehead atoms. The van der Waals surface area contributed by atoms with Crippen molar-refractivity contribution < 1.29 is 4.74 Å². The number of aryl methyl sites for hydroxylation is 1. The Morgan fingerprint density at radius 3 is 3.08 bits per heavy atom. The fourth-order valence-electron chi connectivity index (χ4n) is 3.13. The SMILES string of the molecule is Cc1ccc(CNCC2OCCc3cn(Cc4ccccn4)nc32)s1. The summed E-state index contributed by atoms with van der Waals surface area (Å²) in [6, 6.07) is 10.3. The number of nitrogens with one attached hydrogen (secondary N) is 1. The molecule has 0 amide bonds. The zero-order chi connectivity index (χ0) is 17.1. The van der Waals surface area contributed by atoms with Crippen LogP contribution in [-0.2, 0) is 24.2 Å². The maximum absolute atomic E-state index is 5.96. The topological polar surface area (TPSA) is 52.0 Å². The van der Waals surface area contributed by atoms with Crippen LogP contribution in [0.3, 0.4) is 0 Å². The van der Waals surface area contributed by atoms with Gasteiger partial charge in [0.15, 0.2) is 0 Å². The number of pyridine rings is 1. The minimum absolute atomic E-state index is 0.0230. The Morgan fingerprint density at radius 2 is 2.28 bits per heavy atom. The lowest BCUT2D eigenvalue weighted by molar-refractivity contribution is 0.0393. The molecule has 0 fully saturated rings. The van der Waals surface area contributed by atoms with Gasteiger partial charge in [-0.2, -0.15) is 5.10 Å². The molecular formula is C19H22N4OS. The van der Waals surface area contributed by atoms with E-state index in [0.29, 0.717) is 6.54 Å². The normalized spacial score (nSPS) is 16.8. The fourth-order valence-corrected chi connectivity index (χ4v) is 3.99. The van der Waals surface area contributed by atoms with Crippen LogP contribution in [-0.4, -0.2) is 27.9 Å². The summed E-state index contributed by atoms with van der Waals surface area (Å²) in [4.78, 5) is 7.09. The van der Waals surface area contributed by atoms with Gasteiger partial charge in [-0.15, -0.1) is 11.3 Å². The van der Waals surface area contributed by atoms with Crippen LogP contribution in [0.1, 0.15) is 32.8 Å². The van der Waals surface area contributed by atoms with Crippen LogP contribution in [0.2, 0.25) is 0 Å². The molecule has 3 aromatic rings. The van der Waals surface area contributed by atoms with Crippen LogP contribution >= 0.6 is 11.3 Å². The molecule has 4 rings (SSSR count). The first-order valence-corrected chi connectivity index (χ1v) is 9.43. The van der Waals surface area contributed by atoms with Crippen molar-refractivity contribution in [2.24, 2.45) is 0 Å². The number of fused-ring (bicyclic) bond motifs is 1. The molecule has 1 aliphatic heterocycles. The van der Waals surface area contributed by atoms with Crippen LogP contribution in [0.25, 0.3) is 0 Å². The van der Waals surface area contributed by atoms with E-state index in [1.54, 1.807) is 0 Å². The van der Waals surface area contributed by atoms with Crippen molar-refractivity contribution >= 4 is 11.3 Å². The second-order valence-corrected chi connectivity index (χ2v) is 7.68. The minimum Gasteiger partial charge on any atom is -0.370 e. The fraction of sp³-hybridized carbons (Fsp3) is 0.368. The summed E-state index contributed by atoms with van der Waals surface area (Å²) in [6.45, 7) is 5.25. The smallest absolute Gasteiger partial charge is 0.114 e. The summed E-state index contributed by atoms with van der Waals surface area (Å²) in [5, 5.41) is 8.28. The molecule has 0 aromatic carbocycles. The summed E-state index contributed by atoms with van der Waals surface area (Å²) >= 11 is 1.84. The van der Waals surface area contributed by atoms with Gasteiger partial charge >= 0.3 is 0 Å². The first kappa shape index (κ1) is 16.4. The van der Waals surface area contributed by atoms with E-state index in [4.69, 9.17) is 9.84 Å². The van der Waals surface area contributed by atoms with E-state index in [1.165, 1.54) is 15.3 Å². The van der Waals surface area contributed by atoms with Crippen molar-refractivity contribution in [2.75, 3.05) is 13.2 Å². The molecule has 4 heterocycles. The molecular weight excluding hydrogens is 332 g/mol. The largest absolute Gasteiger partial charge is 0.370 e. The van der Waals surface area contributed by atoms with Gasteiger partial charge in [0.25, 0.3) is 0 Å². The first-order chi connectivity index (χ1) is 12.3. The minimum atomic E-state index is 0.0230. The van der Waals surface area contributed by atoms with Crippen molar-refractivity contribution in [1.82, 2.24) is 20.1 Å². The van der Waals surface area contributed by atoms with Gasteiger partial charge in [-0.1, -0.05) is 6.07 Å². The molecule has 1 N–H and O–H groups in total. The maximum Gasteiger partial charge on any atom is 0.114 e. The number of thiophene rings is 1. The molecule has 6 heteroatoms. The van der Waals surface area contributed by atoms with Gasteiger partial charge in [0.1, 0.15) is 6.10 Å². The van der Waals surface area contributed by atoms with E-state index >= 15 is 0 Å². The molecule has 0 saturated heterocycles. The highest BCUT2D eigenvalue weighted by Gasteiger charge is 2.24. The van der Waals surface area contributed by atoms with E-state index in [-0.39, 0.29) is 6.10 Å². The van der Waals surface area contributed by atoms with Gasteiger partial charge in [-0.05, 0) is 43.2 Å². The summed E-state index contributed by atoms with van der Waals surface area (Å²) in [7, 11) is 0. The number of ether oxygens (including phenoxy) is 1. The zero-order valence-corrected chi connectivity index (χ0v) is 15.1. The van der Waals surface area contributed by atoms with E-state index in [0.717, 1.165) is 37.5 Å². The van der Waals surface area contributed by atoms with Gasteiger partial charge in [0, 0.05) is 35.2 Å². The third kappa shape index (κ3) is 3.98. The van der Waals surface area contributed by atoms with Crippen LogP contribution in [0, 0.1) is 6.92 Å². The van der Waals surface area contributed by atoms with Gasteiger partial charge in [0.2, 0.25) is 0 Å². The monoisotopic (exact) mass is 354 g/mol. The number of aromatic nitrogens is 3. The molecule has 5 nitrogen and oxygen atoms in total. The lowest BCUT2D eigenvalue weighted by atomic mass is 10.1. The highest BCUT2D eigenvalue weighted by molar-refractivity contribution is 7.11. The molecule has 130 valence electrons. The zero-order valence-electron chi connectivity index (χ0n) is 14.3. The predicted octanol–water partition coefficient (Wildman–Crippen LogP) is 3.10. The van der Waals surface area contributed by atoms with Crippen LogP contribution in [0.4, 0.5) is 0 Å². The number of rotatable bonds is 6. The Hall–Kier alpha value is -2.02. The molecule has 25 heavy (non-hydrogen) atoms. The summed E-state index contributed by atoms with van der Waals surface area (Å²) < 4.78 is 7.94. The van der Waals surface area contributed by atoms with Crippen LogP contribution in [0.15, 0.2) is 42.7 Å². The van der Waals surface area contributed by atoms with E-state index < -0.39 is 0 Å². The molecule has 0 spiro atoms. The van der Waals surface area contributed by atoms with Crippen LogP contribution < -0.4 is 5.32 Å². The lowest BCUT2D eigenvalue weighted by Gasteiger charge is -2.22. The third-order valence-electron chi connectivity index (χ3n) is 4.34. The number of hydrogen-bond donors (Lipinski definition) is 1. The summed E-state index contributed by atoms with van der Waals surface area (Å²) in [5.74, 6) is 0. The highest BCUT2D eigenvalue weighted by Crippen LogP contribution is 2.25. The Bertz CT molecular complexity index is 827. The molecule has 1 aliphatic rings. The Balaban J connectivity index is 1.40. The molecule has 1 atom stereocenters. The predicted molar refractivity (Wildman–Crippen MR) is 98.7 cm³/mol.